The number of aliphatic hydroxyl groups is 1. The lowest BCUT2D eigenvalue weighted by Crippen LogP contribution is -2.28. The fourth-order valence-corrected chi connectivity index (χ4v) is 1.87. The van der Waals surface area contributed by atoms with Crippen molar-refractivity contribution in [3.05, 3.63) is 60.2 Å². The maximum Gasteiger partial charge on any atom is 0.198 e. The molecule has 2 N–H and O–H groups in total. The Kier molecular flexibility index (Phi) is 4.66. The molecule has 3 nitrogen and oxygen atoms in total. The first-order chi connectivity index (χ1) is 9.15. The van der Waals surface area contributed by atoms with Crippen LogP contribution in [0.15, 0.2) is 54.6 Å². The highest BCUT2D eigenvalue weighted by atomic mass is 35.5. The van der Waals surface area contributed by atoms with E-state index in [0.717, 1.165) is 5.56 Å². The smallest absolute Gasteiger partial charge is 0.198 e. The van der Waals surface area contributed by atoms with Crippen LogP contribution in [0.5, 0.6) is 11.5 Å². The van der Waals surface area contributed by atoms with Gasteiger partial charge in [-0.05, 0) is 29.8 Å². The molecule has 4 heteroatoms. The molecule has 0 fully saturated rings. The van der Waals surface area contributed by atoms with Crippen LogP contribution in [-0.2, 0) is 6.42 Å². The maximum atomic E-state index is 9.98. The molecule has 0 heterocycles. The second-order valence-electron chi connectivity index (χ2n) is 4.22. The fraction of sp³-hybridized carbons (Fsp3) is 0.200. The number of ether oxygens (including phenoxy) is 1. The summed E-state index contributed by atoms with van der Waals surface area (Å²) < 4.78 is 5.44. The first-order valence-corrected chi connectivity index (χ1v) is 6.40. The molecule has 0 aromatic heterocycles. The molecule has 0 aliphatic rings. The predicted octanol–water partition coefficient (Wildman–Crippen LogP) is 2.94. The highest BCUT2D eigenvalue weighted by molar-refractivity contribution is 6.20. The third-order valence-corrected chi connectivity index (χ3v) is 3.06. The van der Waals surface area contributed by atoms with Crippen molar-refractivity contribution in [2.75, 3.05) is 0 Å². The molecule has 2 aromatic rings. The van der Waals surface area contributed by atoms with Gasteiger partial charge in [0.15, 0.2) is 5.56 Å². The highest BCUT2D eigenvalue weighted by Crippen LogP contribution is 2.18. The van der Waals surface area contributed by atoms with Crippen LogP contribution in [0.1, 0.15) is 5.56 Å². The number of phenols is 1. The molecular formula is C15H15ClO3. The zero-order chi connectivity index (χ0) is 13.7. The van der Waals surface area contributed by atoms with Crippen LogP contribution in [0.25, 0.3) is 0 Å². The van der Waals surface area contributed by atoms with Crippen molar-refractivity contribution in [1.82, 2.24) is 0 Å². The molecule has 0 aliphatic carbocycles. The van der Waals surface area contributed by atoms with Gasteiger partial charge in [0.05, 0.1) is 0 Å². The summed E-state index contributed by atoms with van der Waals surface area (Å²) in [6.07, 6.45) is -0.465. The van der Waals surface area contributed by atoms with Crippen LogP contribution < -0.4 is 4.74 Å². The van der Waals surface area contributed by atoms with Gasteiger partial charge in [0, 0.05) is 6.42 Å². The first kappa shape index (κ1) is 13.7. The molecule has 0 saturated heterocycles. The summed E-state index contributed by atoms with van der Waals surface area (Å²) in [6, 6.07) is 15.7. The van der Waals surface area contributed by atoms with Crippen LogP contribution in [0.3, 0.4) is 0 Å². The molecule has 2 rings (SSSR count). The number of rotatable bonds is 5. The second kappa shape index (κ2) is 6.45. The van der Waals surface area contributed by atoms with Gasteiger partial charge in [0.1, 0.15) is 17.6 Å². The Balaban J connectivity index is 1.92. The van der Waals surface area contributed by atoms with Gasteiger partial charge in [-0.2, -0.15) is 0 Å². The largest absolute Gasteiger partial charge is 0.508 e. The van der Waals surface area contributed by atoms with E-state index in [-0.39, 0.29) is 5.75 Å². The molecule has 0 aliphatic heterocycles. The van der Waals surface area contributed by atoms with Gasteiger partial charge in [-0.15, -0.1) is 0 Å². The summed E-state index contributed by atoms with van der Waals surface area (Å²) in [4.78, 5) is 0. The maximum absolute atomic E-state index is 9.98. The molecule has 2 atom stereocenters. The van der Waals surface area contributed by atoms with Gasteiger partial charge in [-0.25, -0.2) is 0 Å². The molecular weight excluding hydrogens is 264 g/mol. The Morgan fingerprint density at radius 3 is 2.26 bits per heavy atom. The van der Waals surface area contributed by atoms with E-state index >= 15 is 0 Å². The standard InChI is InChI=1S/C15H15ClO3/c16-15(19-13-4-2-1-3-5-13)14(18)10-11-6-8-12(17)9-7-11/h1-9,14-15,17-18H,10H2. The summed E-state index contributed by atoms with van der Waals surface area (Å²) in [5.74, 6) is 0.813. The lowest BCUT2D eigenvalue weighted by Gasteiger charge is -2.18. The number of aromatic hydroxyl groups is 1. The van der Waals surface area contributed by atoms with Crippen LogP contribution in [0.2, 0.25) is 0 Å². The quantitative estimate of drug-likeness (QED) is 0.827. The van der Waals surface area contributed by atoms with Gasteiger partial charge in [0.2, 0.25) is 0 Å². The number of phenolic OH excluding ortho intramolecular Hbond substituents is 1. The van der Waals surface area contributed by atoms with Crippen molar-refractivity contribution in [2.24, 2.45) is 0 Å². The summed E-state index contributed by atoms with van der Waals surface area (Å²) in [7, 11) is 0. The van der Waals surface area contributed by atoms with Crippen molar-refractivity contribution in [1.29, 1.82) is 0 Å². The fourth-order valence-electron chi connectivity index (χ4n) is 1.67. The second-order valence-corrected chi connectivity index (χ2v) is 4.65. The van der Waals surface area contributed by atoms with Crippen molar-refractivity contribution in [2.45, 2.75) is 18.1 Å². The molecule has 0 saturated carbocycles. The zero-order valence-electron chi connectivity index (χ0n) is 10.2. The van der Waals surface area contributed by atoms with E-state index in [2.05, 4.69) is 0 Å². The van der Waals surface area contributed by atoms with Crippen molar-refractivity contribution in [3.8, 4) is 11.5 Å². The molecule has 0 amide bonds. The van der Waals surface area contributed by atoms with Crippen LogP contribution in [-0.4, -0.2) is 21.9 Å². The van der Waals surface area contributed by atoms with Gasteiger partial charge in [-0.1, -0.05) is 41.9 Å². The number of hydrogen-bond donors (Lipinski definition) is 2. The minimum atomic E-state index is -0.827. The number of alkyl halides is 1. The van der Waals surface area contributed by atoms with E-state index in [1.165, 1.54) is 0 Å². The van der Waals surface area contributed by atoms with Crippen LogP contribution in [0, 0.1) is 0 Å². The van der Waals surface area contributed by atoms with Crippen molar-refractivity contribution in [3.63, 3.8) is 0 Å². The van der Waals surface area contributed by atoms with Gasteiger partial charge in [-0.3, -0.25) is 0 Å². The minimum absolute atomic E-state index is 0.196. The summed E-state index contributed by atoms with van der Waals surface area (Å²) in [5.41, 5.74) is 0.0591. The Labute approximate surface area is 117 Å². The average molecular weight is 279 g/mol. The van der Waals surface area contributed by atoms with Gasteiger partial charge < -0.3 is 14.9 Å². The van der Waals surface area contributed by atoms with E-state index in [4.69, 9.17) is 16.3 Å². The van der Waals surface area contributed by atoms with Crippen molar-refractivity contribution >= 4 is 11.6 Å². The molecule has 100 valence electrons. The van der Waals surface area contributed by atoms with Crippen LogP contribution in [0.4, 0.5) is 0 Å². The number of hydrogen-bond acceptors (Lipinski definition) is 3. The van der Waals surface area contributed by atoms with E-state index in [0.29, 0.717) is 12.2 Å². The highest BCUT2D eigenvalue weighted by Gasteiger charge is 2.18. The summed E-state index contributed by atoms with van der Waals surface area (Å²) in [6.45, 7) is 0. The molecule has 0 bridgehead atoms. The Bertz CT molecular complexity index is 499. The number of para-hydroxylation sites is 1. The monoisotopic (exact) mass is 278 g/mol. The van der Waals surface area contributed by atoms with E-state index in [9.17, 15) is 10.2 Å². The lowest BCUT2D eigenvalue weighted by molar-refractivity contribution is 0.0831. The summed E-state index contributed by atoms with van der Waals surface area (Å²) >= 11 is 6.03. The Morgan fingerprint density at radius 1 is 1.00 bits per heavy atom. The number of benzene rings is 2. The topological polar surface area (TPSA) is 49.7 Å². The third kappa shape index (κ3) is 4.16. The van der Waals surface area contributed by atoms with E-state index < -0.39 is 11.7 Å². The van der Waals surface area contributed by atoms with Crippen LogP contribution >= 0.6 is 11.6 Å². The molecule has 2 unspecified atom stereocenters. The van der Waals surface area contributed by atoms with Crippen molar-refractivity contribution < 1.29 is 14.9 Å². The number of aliphatic hydroxyl groups excluding tert-OH is 1. The predicted molar refractivity (Wildman–Crippen MR) is 74.5 cm³/mol. The normalized spacial score (nSPS) is 13.8. The minimum Gasteiger partial charge on any atom is -0.508 e. The van der Waals surface area contributed by atoms with E-state index in [1.54, 1.807) is 36.4 Å². The molecule has 0 radical (unpaired) electrons. The third-order valence-electron chi connectivity index (χ3n) is 2.68. The summed E-state index contributed by atoms with van der Waals surface area (Å²) in [5, 5.41) is 19.2. The molecule has 2 aromatic carbocycles. The zero-order valence-corrected chi connectivity index (χ0v) is 11.0. The van der Waals surface area contributed by atoms with E-state index in [1.807, 2.05) is 18.2 Å². The number of halogens is 1. The lowest BCUT2D eigenvalue weighted by atomic mass is 10.1. The van der Waals surface area contributed by atoms with Gasteiger partial charge in [0.25, 0.3) is 0 Å². The first-order valence-electron chi connectivity index (χ1n) is 5.97. The SMILES string of the molecule is Oc1ccc(CC(O)C(Cl)Oc2ccccc2)cc1. The Hall–Kier alpha value is -1.71. The molecule has 19 heavy (non-hydrogen) atoms. The average Bonchev–Trinajstić information content (AvgIpc) is 2.42. The molecule has 0 spiro atoms. The Morgan fingerprint density at radius 2 is 1.63 bits per heavy atom. The van der Waals surface area contributed by atoms with Gasteiger partial charge >= 0.3 is 0 Å².